The number of H-pyrrole nitrogens is 1. The van der Waals surface area contributed by atoms with E-state index in [1.54, 1.807) is 7.11 Å². The van der Waals surface area contributed by atoms with Crippen molar-refractivity contribution in [3.8, 4) is 28.1 Å². The third-order valence-corrected chi connectivity index (χ3v) is 3.93. The van der Waals surface area contributed by atoms with E-state index in [0.717, 1.165) is 33.8 Å². The van der Waals surface area contributed by atoms with Gasteiger partial charge in [-0.25, -0.2) is 0 Å². The van der Waals surface area contributed by atoms with Crippen molar-refractivity contribution in [2.24, 2.45) is 0 Å². The van der Waals surface area contributed by atoms with E-state index in [1.807, 2.05) is 54.6 Å². The van der Waals surface area contributed by atoms with Gasteiger partial charge in [0, 0.05) is 17.0 Å². The monoisotopic (exact) mass is 321 g/mol. The molecule has 3 rings (SSSR count). The minimum absolute atomic E-state index is 0.205. The fourth-order valence-electron chi connectivity index (χ4n) is 2.65. The van der Waals surface area contributed by atoms with Gasteiger partial charge in [0.05, 0.1) is 20.6 Å². The molecule has 0 unspecified atom stereocenters. The van der Waals surface area contributed by atoms with Crippen LogP contribution in [0.4, 0.5) is 0 Å². The van der Waals surface area contributed by atoms with Crippen LogP contribution in [0.5, 0.6) is 5.75 Å². The summed E-state index contributed by atoms with van der Waals surface area (Å²) in [5.74, 6) is 0.540. The molecule has 0 bridgehead atoms. The molecule has 0 saturated heterocycles. The Kier molecular flexibility index (Phi) is 4.66. The van der Waals surface area contributed by atoms with Crippen LogP contribution in [0.15, 0.2) is 60.7 Å². The molecule has 0 spiro atoms. The van der Waals surface area contributed by atoms with Crippen LogP contribution in [0.3, 0.4) is 0 Å². The Bertz CT molecular complexity index is 820. The third kappa shape index (κ3) is 3.33. The quantitative estimate of drug-likeness (QED) is 0.721. The third-order valence-electron chi connectivity index (χ3n) is 3.93. The Hall–Kier alpha value is -3.01. The highest BCUT2D eigenvalue weighted by molar-refractivity contribution is 5.80. The second-order valence-corrected chi connectivity index (χ2v) is 5.42. The summed E-state index contributed by atoms with van der Waals surface area (Å²) >= 11 is 0. The molecule has 0 aliphatic heterocycles. The van der Waals surface area contributed by atoms with E-state index in [1.165, 1.54) is 7.11 Å². The summed E-state index contributed by atoms with van der Waals surface area (Å²) in [7, 11) is 3.05. The van der Waals surface area contributed by atoms with E-state index in [9.17, 15) is 4.79 Å². The Labute approximate surface area is 141 Å². The molecule has 4 nitrogen and oxygen atoms in total. The number of aromatic nitrogens is 1. The zero-order chi connectivity index (χ0) is 16.9. The SMILES string of the molecule is COC(=O)Cc1[nH]c(-c2ccc(OC)cc2)cc1-c1ccccc1. The van der Waals surface area contributed by atoms with Crippen LogP contribution >= 0.6 is 0 Å². The Morgan fingerprint density at radius 3 is 2.29 bits per heavy atom. The van der Waals surface area contributed by atoms with Crippen LogP contribution in [0.25, 0.3) is 22.4 Å². The molecule has 0 radical (unpaired) electrons. The molecule has 0 aliphatic rings. The van der Waals surface area contributed by atoms with Gasteiger partial charge in [-0.2, -0.15) is 0 Å². The summed E-state index contributed by atoms with van der Waals surface area (Å²) in [6.07, 6.45) is 0.205. The Morgan fingerprint density at radius 1 is 0.958 bits per heavy atom. The molecule has 2 aromatic carbocycles. The first kappa shape index (κ1) is 15.9. The lowest BCUT2D eigenvalue weighted by Crippen LogP contribution is -2.05. The second-order valence-electron chi connectivity index (χ2n) is 5.42. The summed E-state index contributed by atoms with van der Waals surface area (Å²) in [6.45, 7) is 0. The lowest BCUT2D eigenvalue weighted by molar-refractivity contribution is -0.139. The van der Waals surface area contributed by atoms with Gasteiger partial charge in [0.15, 0.2) is 0 Å². The number of esters is 1. The fourth-order valence-corrected chi connectivity index (χ4v) is 2.65. The molecule has 1 aromatic heterocycles. The number of methoxy groups -OCH3 is 2. The van der Waals surface area contributed by atoms with Crippen LogP contribution < -0.4 is 4.74 Å². The molecule has 122 valence electrons. The summed E-state index contributed by atoms with van der Waals surface area (Å²) in [5.41, 5.74) is 4.90. The van der Waals surface area contributed by atoms with Gasteiger partial charge in [0.1, 0.15) is 5.75 Å². The largest absolute Gasteiger partial charge is 0.497 e. The highest BCUT2D eigenvalue weighted by atomic mass is 16.5. The number of rotatable bonds is 5. The van der Waals surface area contributed by atoms with E-state index in [2.05, 4.69) is 11.1 Å². The average molecular weight is 321 g/mol. The van der Waals surface area contributed by atoms with Crippen molar-refractivity contribution in [3.05, 3.63) is 66.4 Å². The maximum Gasteiger partial charge on any atom is 0.311 e. The van der Waals surface area contributed by atoms with Gasteiger partial charge in [-0.1, -0.05) is 30.3 Å². The Balaban J connectivity index is 2.03. The molecule has 4 heteroatoms. The average Bonchev–Trinajstić information content (AvgIpc) is 3.06. The molecular weight excluding hydrogens is 302 g/mol. The maximum atomic E-state index is 11.7. The van der Waals surface area contributed by atoms with Gasteiger partial charge in [0.25, 0.3) is 0 Å². The van der Waals surface area contributed by atoms with Crippen LogP contribution in [-0.2, 0) is 16.0 Å². The molecule has 0 atom stereocenters. The summed E-state index contributed by atoms with van der Waals surface area (Å²) < 4.78 is 10.0. The molecule has 0 aliphatic carbocycles. The smallest absolute Gasteiger partial charge is 0.311 e. The maximum absolute atomic E-state index is 11.7. The lowest BCUT2D eigenvalue weighted by atomic mass is 10.0. The highest BCUT2D eigenvalue weighted by Gasteiger charge is 2.14. The number of nitrogens with one attached hydrogen (secondary N) is 1. The van der Waals surface area contributed by atoms with Gasteiger partial charge in [-0.3, -0.25) is 4.79 Å². The van der Waals surface area contributed by atoms with Crippen molar-refractivity contribution < 1.29 is 14.3 Å². The minimum Gasteiger partial charge on any atom is -0.497 e. The van der Waals surface area contributed by atoms with E-state index in [0.29, 0.717) is 0 Å². The summed E-state index contributed by atoms with van der Waals surface area (Å²) in [6, 6.07) is 19.9. The molecule has 0 fully saturated rings. The molecule has 1 heterocycles. The number of aromatic amines is 1. The van der Waals surface area contributed by atoms with Gasteiger partial charge >= 0.3 is 5.97 Å². The number of ether oxygens (including phenoxy) is 2. The molecule has 1 N–H and O–H groups in total. The standard InChI is InChI=1S/C20H19NO3/c1-23-16-10-8-15(9-11-16)18-12-17(14-6-4-3-5-7-14)19(21-18)13-20(22)24-2/h3-12,21H,13H2,1-2H3. The zero-order valence-corrected chi connectivity index (χ0v) is 13.7. The normalized spacial score (nSPS) is 10.4. The van der Waals surface area contributed by atoms with E-state index < -0.39 is 0 Å². The number of hydrogen-bond donors (Lipinski definition) is 1. The van der Waals surface area contributed by atoms with Crippen LogP contribution in [0.1, 0.15) is 5.69 Å². The van der Waals surface area contributed by atoms with E-state index >= 15 is 0 Å². The first-order valence-electron chi connectivity index (χ1n) is 7.70. The first-order valence-corrected chi connectivity index (χ1v) is 7.70. The van der Waals surface area contributed by atoms with Crippen molar-refractivity contribution in [1.29, 1.82) is 0 Å². The number of benzene rings is 2. The summed E-state index contributed by atoms with van der Waals surface area (Å²) in [5, 5.41) is 0. The lowest BCUT2D eigenvalue weighted by Gasteiger charge is -2.03. The van der Waals surface area contributed by atoms with Crippen molar-refractivity contribution in [2.75, 3.05) is 14.2 Å². The molecule has 3 aromatic rings. The van der Waals surface area contributed by atoms with Crippen LogP contribution in [0.2, 0.25) is 0 Å². The van der Waals surface area contributed by atoms with Crippen molar-refractivity contribution >= 4 is 5.97 Å². The highest BCUT2D eigenvalue weighted by Crippen LogP contribution is 2.31. The minimum atomic E-state index is -0.268. The van der Waals surface area contributed by atoms with Gasteiger partial charge in [0.2, 0.25) is 0 Å². The van der Waals surface area contributed by atoms with E-state index in [4.69, 9.17) is 9.47 Å². The predicted molar refractivity (Wildman–Crippen MR) is 93.9 cm³/mol. The van der Waals surface area contributed by atoms with Gasteiger partial charge < -0.3 is 14.5 Å². The number of carbonyl (C=O) groups is 1. The predicted octanol–water partition coefficient (Wildman–Crippen LogP) is 4.07. The Morgan fingerprint density at radius 2 is 1.67 bits per heavy atom. The van der Waals surface area contributed by atoms with Crippen LogP contribution in [-0.4, -0.2) is 25.2 Å². The molecule has 0 saturated carbocycles. The van der Waals surface area contributed by atoms with Crippen molar-refractivity contribution in [2.45, 2.75) is 6.42 Å². The van der Waals surface area contributed by atoms with Crippen LogP contribution in [0, 0.1) is 0 Å². The topological polar surface area (TPSA) is 51.3 Å². The second kappa shape index (κ2) is 7.04. The van der Waals surface area contributed by atoms with Crippen molar-refractivity contribution in [3.63, 3.8) is 0 Å². The number of carbonyl (C=O) groups excluding carboxylic acids is 1. The summed E-state index contributed by atoms with van der Waals surface area (Å²) in [4.78, 5) is 15.1. The molecular formula is C20H19NO3. The van der Waals surface area contributed by atoms with Crippen molar-refractivity contribution in [1.82, 2.24) is 4.98 Å². The molecule has 0 amide bonds. The molecule has 24 heavy (non-hydrogen) atoms. The fraction of sp³-hybridized carbons (Fsp3) is 0.150. The van der Waals surface area contributed by atoms with Gasteiger partial charge in [-0.05, 0) is 41.5 Å². The zero-order valence-electron chi connectivity index (χ0n) is 13.7. The number of hydrogen-bond acceptors (Lipinski definition) is 3. The van der Waals surface area contributed by atoms with Gasteiger partial charge in [-0.15, -0.1) is 0 Å². The first-order chi connectivity index (χ1) is 11.7. The van der Waals surface area contributed by atoms with E-state index in [-0.39, 0.29) is 12.4 Å².